The Morgan fingerprint density at radius 2 is 2.11 bits per heavy atom. The van der Waals surface area contributed by atoms with Crippen molar-refractivity contribution in [1.82, 2.24) is 0 Å². The van der Waals surface area contributed by atoms with Crippen LogP contribution < -0.4 is 9.46 Å². The Labute approximate surface area is 112 Å². The van der Waals surface area contributed by atoms with Gasteiger partial charge in [-0.1, -0.05) is 0 Å². The molecule has 0 heterocycles. The van der Waals surface area contributed by atoms with Crippen LogP contribution in [0.3, 0.4) is 0 Å². The van der Waals surface area contributed by atoms with E-state index in [1.165, 1.54) is 0 Å². The fourth-order valence-electron chi connectivity index (χ4n) is 1.38. The van der Waals surface area contributed by atoms with Crippen LogP contribution in [0, 0.1) is 6.92 Å². The molecule has 1 rings (SSSR count). The third kappa shape index (κ3) is 3.85. The molecule has 1 atom stereocenters. The maximum atomic E-state index is 11.8. The van der Waals surface area contributed by atoms with Crippen molar-refractivity contribution in [3.8, 4) is 5.75 Å². The lowest BCUT2D eigenvalue weighted by molar-refractivity contribution is -0.136. The number of aryl methyl sites for hydroxylation is 1. The van der Waals surface area contributed by atoms with E-state index in [4.69, 9.17) is 9.84 Å². The summed E-state index contributed by atoms with van der Waals surface area (Å²) >= 11 is 0. The number of ether oxygens (including phenoxy) is 1. The highest BCUT2D eigenvalue weighted by atomic mass is 32.2. The molecule has 0 amide bonds. The predicted octanol–water partition coefficient (Wildman–Crippen LogP) is 1.61. The van der Waals surface area contributed by atoms with Crippen molar-refractivity contribution < 1.29 is 23.1 Å². The highest BCUT2D eigenvalue weighted by molar-refractivity contribution is 7.94. The van der Waals surface area contributed by atoms with Gasteiger partial charge in [0.25, 0.3) is 0 Å². The Morgan fingerprint density at radius 1 is 1.47 bits per heavy atom. The summed E-state index contributed by atoms with van der Waals surface area (Å²) in [5.74, 6) is -0.759. The van der Waals surface area contributed by atoms with Gasteiger partial charge in [0.15, 0.2) is 5.25 Å². The van der Waals surface area contributed by atoms with Gasteiger partial charge in [-0.25, -0.2) is 8.42 Å². The van der Waals surface area contributed by atoms with Crippen LogP contribution in [0.2, 0.25) is 0 Å². The molecule has 1 aromatic carbocycles. The van der Waals surface area contributed by atoms with Gasteiger partial charge >= 0.3 is 5.97 Å². The second-order valence-corrected chi connectivity index (χ2v) is 6.04. The Balaban J connectivity index is 2.97. The van der Waals surface area contributed by atoms with E-state index in [1.807, 2.05) is 6.92 Å². The van der Waals surface area contributed by atoms with Crippen LogP contribution in [0.5, 0.6) is 5.75 Å². The molecule has 1 aromatic rings. The molecule has 0 radical (unpaired) electrons. The smallest absolute Gasteiger partial charge is 0.323 e. The highest BCUT2D eigenvalue weighted by Gasteiger charge is 2.27. The van der Waals surface area contributed by atoms with Crippen molar-refractivity contribution >= 4 is 21.7 Å². The molecule has 0 aliphatic heterocycles. The number of nitrogens with one attached hydrogen (secondary N) is 1. The molecule has 7 heteroatoms. The monoisotopic (exact) mass is 287 g/mol. The molecule has 6 nitrogen and oxygen atoms in total. The molecule has 106 valence electrons. The largest absolute Gasteiger partial charge is 0.494 e. The SMILES string of the molecule is CCOc1ccc(NS(=O)(=O)C(C)C(=O)O)c(C)c1. The number of benzene rings is 1. The van der Waals surface area contributed by atoms with Crippen molar-refractivity contribution in [2.24, 2.45) is 0 Å². The number of rotatable bonds is 6. The molecular weight excluding hydrogens is 270 g/mol. The van der Waals surface area contributed by atoms with Gasteiger partial charge in [0.05, 0.1) is 12.3 Å². The number of carbonyl (C=O) groups is 1. The summed E-state index contributed by atoms with van der Waals surface area (Å²) < 4.78 is 31.1. The molecular formula is C12H17NO5S. The van der Waals surface area contributed by atoms with E-state index < -0.39 is 21.2 Å². The fourth-order valence-corrected chi connectivity index (χ4v) is 2.36. The zero-order chi connectivity index (χ0) is 14.6. The predicted molar refractivity (Wildman–Crippen MR) is 72.0 cm³/mol. The fraction of sp³-hybridized carbons (Fsp3) is 0.417. The number of hydrogen-bond donors (Lipinski definition) is 2. The molecule has 0 fully saturated rings. The first-order valence-electron chi connectivity index (χ1n) is 5.75. The average Bonchev–Trinajstić information content (AvgIpc) is 2.32. The van der Waals surface area contributed by atoms with Crippen LogP contribution in [0.15, 0.2) is 18.2 Å². The van der Waals surface area contributed by atoms with E-state index in [9.17, 15) is 13.2 Å². The molecule has 19 heavy (non-hydrogen) atoms. The molecule has 0 saturated heterocycles. The number of aliphatic carboxylic acids is 1. The second-order valence-electron chi connectivity index (χ2n) is 4.04. The standard InChI is InChI=1S/C12H17NO5S/c1-4-18-10-5-6-11(8(2)7-10)13-19(16,17)9(3)12(14)15/h5-7,9,13H,4H2,1-3H3,(H,14,15). The van der Waals surface area contributed by atoms with Gasteiger partial charge in [0.1, 0.15) is 5.75 Å². The van der Waals surface area contributed by atoms with Gasteiger partial charge in [-0.15, -0.1) is 0 Å². The van der Waals surface area contributed by atoms with Crippen LogP contribution in [0.4, 0.5) is 5.69 Å². The molecule has 0 aliphatic carbocycles. The lowest BCUT2D eigenvalue weighted by atomic mass is 10.2. The maximum Gasteiger partial charge on any atom is 0.323 e. The zero-order valence-corrected chi connectivity index (χ0v) is 11.8. The van der Waals surface area contributed by atoms with E-state index in [-0.39, 0.29) is 0 Å². The minimum atomic E-state index is -3.95. The summed E-state index contributed by atoms with van der Waals surface area (Å²) in [4.78, 5) is 10.7. The van der Waals surface area contributed by atoms with Crippen LogP contribution >= 0.6 is 0 Å². The van der Waals surface area contributed by atoms with Crippen LogP contribution in [0.25, 0.3) is 0 Å². The van der Waals surface area contributed by atoms with Crippen LogP contribution in [0.1, 0.15) is 19.4 Å². The van der Waals surface area contributed by atoms with Gasteiger partial charge in [-0.2, -0.15) is 0 Å². The molecule has 0 bridgehead atoms. The molecule has 2 N–H and O–H groups in total. The van der Waals surface area contributed by atoms with Crippen molar-refractivity contribution in [2.45, 2.75) is 26.0 Å². The normalized spacial score (nSPS) is 12.8. The Kier molecular flexibility index (Phi) is 4.77. The van der Waals surface area contributed by atoms with E-state index in [0.717, 1.165) is 6.92 Å². The van der Waals surface area contributed by atoms with Crippen molar-refractivity contribution in [2.75, 3.05) is 11.3 Å². The van der Waals surface area contributed by atoms with Crippen LogP contribution in [-0.2, 0) is 14.8 Å². The topological polar surface area (TPSA) is 92.7 Å². The highest BCUT2D eigenvalue weighted by Crippen LogP contribution is 2.23. The first-order valence-corrected chi connectivity index (χ1v) is 7.30. The summed E-state index contributed by atoms with van der Waals surface area (Å²) in [6.45, 7) is 5.20. The number of carboxylic acids is 1. The third-order valence-electron chi connectivity index (χ3n) is 2.57. The minimum absolute atomic E-state index is 0.344. The Bertz CT molecular complexity index is 567. The van der Waals surface area contributed by atoms with Crippen LogP contribution in [-0.4, -0.2) is 31.4 Å². The van der Waals surface area contributed by atoms with Crippen molar-refractivity contribution in [3.63, 3.8) is 0 Å². The first kappa shape index (κ1) is 15.3. The van der Waals surface area contributed by atoms with Crippen molar-refractivity contribution in [1.29, 1.82) is 0 Å². The minimum Gasteiger partial charge on any atom is -0.494 e. The number of sulfonamides is 1. The zero-order valence-electron chi connectivity index (χ0n) is 11.0. The first-order chi connectivity index (χ1) is 8.77. The van der Waals surface area contributed by atoms with Crippen molar-refractivity contribution in [3.05, 3.63) is 23.8 Å². The van der Waals surface area contributed by atoms with Gasteiger partial charge in [-0.3, -0.25) is 9.52 Å². The Hall–Kier alpha value is -1.76. The van der Waals surface area contributed by atoms with Gasteiger partial charge < -0.3 is 9.84 Å². The van der Waals surface area contributed by atoms with Gasteiger partial charge in [0.2, 0.25) is 10.0 Å². The molecule has 1 unspecified atom stereocenters. The summed E-state index contributed by atoms with van der Waals surface area (Å²) in [5.41, 5.74) is 1.00. The quantitative estimate of drug-likeness (QED) is 0.829. The number of hydrogen-bond acceptors (Lipinski definition) is 4. The van der Waals surface area contributed by atoms with E-state index in [1.54, 1.807) is 25.1 Å². The second kappa shape index (κ2) is 5.92. The summed E-state index contributed by atoms with van der Waals surface area (Å²) in [7, 11) is -3.95. The Morgan fingerprint density at radius 3 is 2.58 bits per heavy atom. The number of anilines is 1. The van der Waals surface area contributed by atoms with Gasteiger partial charge in [-0.05, 0) is 44.5 Å². The molecule has 0 saturated carbocycles. The lowest BCUT2D eigenvalue weighted by Crippen LogP contribution is -2.32. The average molecular weight is 287 g/mol. The van der Waals surface area contributed by atoms with E-state index in [0.29, 0.717) is 23.6 Å². The third-order valence-corrected chi connectivity index (χ3v) is 4.21. The summed E-state index contributed by atoms with van der Waals surface area (Å²) in [6, 6.07) is 4.86. The maximum absolute atomic E-state index is 11.8. The van der Waals surface area contributed by atoms with E-state index in [2.05, 4.69) is 4.72 Å². The molecule has 0 aliphatic rings. The lowest BCUT2D eigenvalue weighted by Gasteiger charge is -2.14. The summed E-state index contributed by atoms with van der Waals surface area (Å²) in [5, 5.41) is 7.22. The van der Waals surface area contributed by atoms with E-state index >= 15 is 0 Å². The molecule has 0 aromatic heterocycles. The number of carboxylic acid groups (broad SMARTS) is 1. The van der Waals surface area contributed by atoms with Gasteiger partial charge in [0, 0.05) is 0 Å². The molecule has 0 spiro atoms. The summed E-state index contributed by atoms with van der Waals surface area (Å²) in [6.07, 6.45) is 0.